The van der Waals surface area contributed by atoms with Crippen molar-refractivity contribution in [1.29, 1.82) is 0 Å². The van der Waals surface area contributed by atoms with Crippen LogP contribution in [0.25, 0.3) is 0 Å². The summed E-state index contributed by atoms with van der Waals surface area (Å²) < 4.78 is 0. The molecule has 0 aromatic heterocycles. The number of amides is 4. The number of carbonyl (C=O) groups is 3. The maximum Gasteiger partial charge on any atom is 0.335 e. The first-order valence-corrected chi connectivity index (χ1v) is 9.11. The Kier molecular flexibility index (Phi) is 7.35. The smallest absolute Gasteiger partial charge is 0.325 e. The minimum Gasteiger partial charge on any atom is -0.325 e. The van der Waals surface area contributed by atoms with Crippen molar-refractivity contribution in [1.82, 2.24) is 21.1 Å². The van der Waals surface area contributed by atoms with Gasteiger partial charge in [0.1, 0.15) is 0 Å². The molecule has 2 rings (SSSR count). The van der Waals surface area contributed by atoms with Crippen LogP contribution in [0.15, 0.2) is 36.5 Å². The summed E-state index contributed by atoms with van der Waals surface area (Å²) in [6.07, 6.45) is 0. The molecule has 146 valence electrons. The minimum absolute atomic E-state index is 0.170. The second kappa shape index (κ2) is 9.50. The molecule has 0 saturated carbocycles. The zero-order valence-electron chi connectivity index (χ0n) is 15.4. The number of hydrazine groups is 1. The van der Waals surface area contributed by atoms with E-state index >= 15 is 0 Å². The Morgan fingerprint density at radius 1 is 1.22 bits per heavy atom. The van der Waals surface area contributed by atoms with Crippen molar-refractivity contribution in [3.63, 3.8) is 0 Å². The predicted octanol–water partition coefficient (Wildman–Crippen LogP) is 1.49. The number of anilines is 1. The molecule has 8 nitrogen and oxygen atoms in total. The number of hydrogen-bond donors (Lipinski definition) is 3. The Balaban J connectivity index is 2.03. The molecule has 4 amide bonds. The summed E-state index contributed by atoms with van der Waals surface area (Å²) in [5.41, 5.74) is 6.24. The van der Waals surface area contributed by atoms with Gasteiger partial charge in [0.05, 0.1) is 5.69 Å². The van der Waals surface area contributed by atoms with Crippen LogP contribution in [0.2, 0.25) is 5.02 Å². The van der Waals surface area contributed by atoms with Gasteiger partial charge in [0.25, 0.3) is 5.91 Å². The van der Waals surface area contributed by atoms with Crippen molar-refractivity contribution in [2.45, 2.75) is 13.8 Å². The van der Waals surface area contributed by atoms with Gasteiger partial charge in [-0.05, 0) is 37.4 Å². The van der Waals surface area contributed by atoms with E-state index in [1.807, 2.05) is 0 Å². The molecule has 1 fully saturated rings. The van der Waals surface area contributed by atoms with E-state index in [9.17, 15) is 14.4 Å². The number of hydrogen-bond acceptors (Lipinski definition) is 6. The van der Waals surface area contributed by atoms with E-state index in [1.165, 1.54) is 12.1 Å². The van der Waals surface area contributed by atoms with E-state index in [-0.39, 0.29) is 5.70 Å². The number of urea groups is 1. The number of nitrogens with one attached hydrogen (secondary N) is 3. The average Bonchev–Trinajstić information content (AvgIpc) is 2.63. The molecule has 0 bridgehead atoms. The second-order valence-electron chi connectivity index (χ2n) is 5.98. The van der Waals surface area contributed by atoms with Gasteiger partial charge >= 0.3 is 6.03 Å². The molecule has 1 aromatic rings. The molecule has 1 saturated heterocycles. The molecule has 1 heterocycles. The number of likely N-dealkylation sites (N-methyl/N-ethyl adjacent to an activating group) is 1. The van der Waals surface area contributed by atoms with E-state index in [1.54, 1.807) is 12.1 Å². The Morgan fingerprint density at radius 2 is 1.85 bits per heavy atom. The molecule has 1 aliphatic rings. The fraction of sp³-hybridized carbons (Fsp3) is 0.389. The van der Waals surface area contributed by atoms with Crippen LogP contribution in [0.4, 0.5) is 10.5 Å². The summed E-state index contributed by atoms with van der Waals surface area (Å²) in [5.74, 6) is -2.60. The predicted molar refractivity (Wildman–Crippen MR) is 104 cm³/mol. The van der Waals surface area contributed by atoms with Crippen LogP contribution in [0.3, 0.4) is 0 Å². The highest BCUT2D eigenvalue weighted by molar-refractivity contribution is 6.31. The number of nitrogens with zero attached hydrogens (tertiary/aromatic N) is 2. The second-order valence-corrected chi connectivity index (χ2v) is 6.42. The van der Waals surface area contributed by atoms with Crippen LogP contribution < -0.4 is 21.1 Å². The molecule has 27 heavy (non-hydrogen) atoms. The molecule has 0 unspecified atom stereocenters. The van der Waals surface area contributed by atoms with E-state index in [0.29, 0.717) is 17.3 Å². The van der Waals surface area contributed by atoms with Crippen LogP contribution in [-0.2, 0) is 9.59 Å². The van der Waals surface area contributed by atoms with Crippen molar-refractivity contribution in [3.8, 4) is 0 Å². The van der Waals surface area contributed by atoms with Gasteiger partial charge in [-0.1, -0.05) is 32.0 Å². The number of barbiturate groups is 1. The van der Waals surface area contributed by atoms with Crippen molar-refractivity contribution in [2.75, 3.05) is 31.1 Å². The van der Waals surface area contributed by atoms with E-state index in [4.69, 9.17) is 11.6 Å². The third kappa shape index (κ3) is 5.06. The lowest BCUT2D eigenvalue weighted by Gasteiger charge is -2.31. The van der Waals surface area contributed by atoms with Crippen LogP contribution in [0, 0.1) is 5.92 Å². The van der Waals surface area contributed by atoms with Crippen molar-refractivity contribution in [3.05, 3.63) is 41.6 Å². The summed E-state index contributed by atoms with van der Waals surface area (Å²) in [6.45, 7) is 11.2. The third-order valence-electron chi connectivity index (χ3n) is 4.29. The first-order chi connectivity index (χ1) is 12.9. The maximum absolute atomic E-state index is 12.8. The molecular formula is C18H24ClN5O3. The Bertz CT molecular complexity index is 718. The van der Waals surface area contributed by atoms with E-state index in [2.05, 4.69) is 41.5 Å². The SMILES string of the molecule is C=C(NNCCN(CC)CC)[C@H]1C(=O)NC(=O)N(c2ccc(Cl)cc2)C1=O. The lowest BCUT2D eigenvalue weighted by molar-refractivity contribution is -0.132. The number of imide groups is 2. The van der Waals surface area contributed by atoms with E-state index < -0.39 is 23.8 Å². The largest absolute Gasteiger partial charge is 0.335 e. The van der Waals surface area contributed by atoms with Gasteiger partial charge in [-0.2, -0.15) is 0 Å². The van der Waals surface area contributed by atoms with Gasteiger partial charge < -0.3 is 10.3 Å². The number of halogens is 1. The molecule has 1 aliphatic heterocycles. The number of carbonyl (C=O) groups excluding carboxylic acids is 3. The molecule has 1 atom stereocenters. The van der Waals surface area contributed by atoms with Gasteiger partial charge in [-0.15, -0.1) is 0 Å². The fourth-order valence-corrected chi connectivity index (χ4v) is 2.84. The van der Waals surface area contributed by atoms with Gasteiger partial charge in [0.15, 0.2) is 5.92 Å². The number of rotatable bonds is 9. The normalized spacial score (nSPS) is 17.3. The van der Waals surface area contributed by atoms with Crippen LogP contribution in [0.5, 0.6) is 0 Å². The molecule has 3 N–H and O–H groups in total. The molecule has 0 aliphatic carbocycles. The molecule has 0 radical (unpaired) electrons. The molecular weight excluding hydrogens is 370 g/mol. The van der Waals surface area contributed by atoms with Crippen molar-refractivity contribution < 1.29 is 14.4 Å². The highest BCUT2D eigenvalue weighted by atomic mass is 35.5. The zero-order valence-corrected chi connectivity index (χ0v) is 16.2. The van der Waals surface area contributed by atoms with Gasteiger partial charge in [-0.3, -0.25) is 14.9 Å². The summed E-state index contributed by atoms with van der Waals surface area (Å²) in [4.78, 5) is 40.2. The first-order valence-electron chi connectivity index (χ1n) is 8.73. The highest BCUT2D eigenvalue weighted by Gasteiger charge is 2.42. The van der Waals surface area contributed by atoms with Crippen molar-refractivity contribution in [2.24, 2.45) is 5.92 Å². The van der Waals surface area contributed by atoms with Gasteiger partial charge in [-0.25, -0.2) is 15.1 Å². The zero-order chi connectivity index (χ0) is 20.0. The summed E-state index contributed by atoms with van der Waals surface area (Å²) in [7, 11) is 0. The quantitative estimate of drug-likeness (QED) is 0.334. The summed E-state index contributed by atoms with van der Waals surface area (Å²) in [5, 5.41) is 2.66. The Labute approximate surface area is 163 Å². The van der Waals surface area contributed by atoms with Crippen LogP contribution in [-0.4, -0.2) is 48.9 Å². The topological polar surface area (TPSA) is 93.8 Å². The van der Waals surface area contributed by atoms with Crippen molar-refractivity contribution >= 4 is 35.1 Å². The first kappa shape index (κ1) is 20.9. The molecule has 9 heteroatoms. The minimum atomic E-state index is -1.22. The highest BCUT2D eigenvalue weighted by Crippen LogP contribution is 2.24. The van der Waals surface area contributed by atoms with Gasteiger partial charge in [0.2, 0.25) is 5.91 Å². The number of benzene rings is 1. The van der Waals surface area contributed by atoms with Crippen LogP contribution in [0.1, 0.15) is 13.8 Å². The lowest BCUT2D eigenvalue weighted by atomic mass is 10.0. The molecule has 1 aromatic carbocycles. The fourth-order valence-electron chi connectivity index (χ4n) is 2.72. The lowest BCUT2D eigenvalue weighted by Crippen LogP contribution is -2.60. The Hall–Kier alpha value is -2.42. The monoisotopic (exact) mass is 393 g/mol. The summed E-state index contributed by atoms with van der Waals surface area (Å²) >= 11 is 5.85. The molecule has 0 spiro atoms. The Morgan fingerprint density at radius 3 is 2.44 bits per heavy atom. The van der Waals surface area contributed by atoms with Gasteiger partial charge in [0, 0.05) is 23.8 Å². The standard InChI is InChI=1S/C18H24ClN5O3/c1-4-23(5-2)11-10-20-22-12(3)15-16(25)21-18(27)24(17(15)26)14-8-6-13(19)7-9-14/h6-9,15,20,22H,3-5,10-11H2,1-2H3,(H,21,25,27)/t15-/m0/s1. The third-order valence-corrected chi connectivity index (χ3v) is 4.54. The summed E-state index contributed by atoms with van der Waals surface area (Å²) in [6, 6.07) is 5.39. The maximum atomic E-state index is 12.8. The van der Waals surface area contributed by atoms with E-state index in [0.717, 1.165) is 24.5 Å². The van der Waals surface area contributed by atoms with Crippen LogP contribution >= 0.6 is 11.6 Å². The average molecular weight is 394 g/mol.